The molecule has 2 rings (SSSR count). The van der Waals surface area contributed by atoms with E-state index in [0.717, 1.165) is 11.4 Å². The Morgan fingerprint density at radius 3 is 2.20 bits per heavy atom. The number of benzene rings is 1. The summed E-state index contributed by atoms with van der Waals surface area (Å²) in [6.45, 7) is 0. The maximum atomic E-state index is 5.85. The molecule has 0 saturated heterocycles. The summed E-state index contributed by atoms with van der Waals surface area (Å²) >= 11 is 0. The lowest BCUT2D eigenvalue weighted by Gasteiger charge is -2.22. The highest BCUT2D eigenvalue weighted by molar-refractivity contribution is 5.85. The Bertz CT molecular complexity index is 280. The first-order valence-corrected chi connectivity index (χ1v) is 5.37. The number of nitrogen functional groups attached to an aromatic ring is 1. The van der Waals surface area contributed by atoms with Crippen LogP contribution in [-0.2, 0) is 0 Å². The van der Waals surface area contributed by atoms with Crippen LogP contribution >= 0.6 is 12.4 Å². The molecule has 0 heterocycles. The number of hydrogen-bond donors (Lipinski definition) is 1. The van der Waals surface area contributed by atoms with Crippen molar-refractivity contribution in [3.8, 4) is 5.75 Å². The second kappa shape index (κ2) is 5.86. The summed E-state index contributed by atoms with van der Waals surface area (Å²) in [7, 11) is 0. The van der Waals surface area contributed by atoms with Crippen LogP contribution in [0.3, 0.4) is 0 Å². The molecule has 1 aliphatic carbocycles. The topological polar surface area (TPSA) is 35.2 Å². The molecule has 1 aromatic carbocycles. The molecule has 0 radical (unpaired) electrons. The van der Waals surface area contributed by atoms with Gasteiger partial charge in [-0.15, -0.1) is 12.4 Å². The molecule has 3 heteroatoms. The number of halogens is 1. The van der Waals surface area contributed by atoms with Crippen molar-refractivity contribution in [2.75, 3.05) is 5.73 Å². The lowest BCUT2D eigenvalue weighted by Crippen LogP contribution is -2.19. The van der Waals surface area contributed by atoms with Gasteiger partial charge in [0.1, 0.15) is 5.75 Å². The maximum Gasteiger partial charge on any atom is 0.119 e. The van der Waals surface area contributed by atoms with E-state index in [-0.39, 0.29) is 12.4 Å². The molecule has 0 amide bonds. The third-order valence-electron chi connectivity index (χ3n) is 2.74. The molecule has 84 valence electrons. The number of anilines is 1. The summed E-state index contributed by atoms with van der Waals surface area (Å²) in [5.41, 5.74) is 6.40. The van der Waals surface area contributed by atoms with Gasteiger partial charge in [-0.2, -0.15) is 0 Å². The lowest BCUT2D eigenvalue weighted by atomic mass is 9.98. The molecule has 1 aromatic rings. The van der Waals surface area contributed by atoms with E-state index in [1.54, 1.807) is 0 Å². The first-order valence-electron chi connectivity index (χ1n) is 5.37. The van der Waals surface area contributed by atoms with Crippen LogP contribution in [0.5, 0.6) is 5.75 Å². The van der Waals surface area contributed by atoms with E-state index in [4.69, 9.17) is 10.5 Å². The number of ether oxygens (including phenoxy) is 1. The van der Waals surface area contributed by atoms with Gasteiger partial charge in [0, 0.05) is 5.69 Å². The second-order valence-electron chi connectivity index (χ2n) is 3.95. The maximum absolute atomic E-state index is 5.85. The molecule has 0 unspecified atom stereocenters. The van der Waals surface area contributed by atoms with Gasteiger partial charge in [0.05, 0.1) is 6.10 Å². The average molecular weight is 228 g/mol. The van der Waals surface area contributed by atoms with E-state index in [9.17, 15) is 0 Å². The Kier molecular flexibility index (Phi) is 4.76. The largest absolute Gasteiger partial charge is 0.490 e. The van der Waals surface area contributed by atoms with Crippen LogP contribution in [0.15, 0.2) is 24.3 Å². The fraction of sp³-hybridized carbons (Fsp3) is 0.500. The summed E-state index contributed by atoms with van der Waals surface area (Å²) in [5.74, 6) is 0.950. The predicted molar refractivity (Wildman–Crippen MR) is 65.6 cm³/mol. The third-order valence-corrected chi connectivity index (χ3v) is 2.74. The summed E-state index contributed by atoms with van der Waals surface area (Å²) < 4.78 is 5.85. The van der Waals surface area contributed by atoms with E-state index in [1.807, 2.05) is 24.3 Å². The van der Waals surface area contributed by atoms with Gasteiger partial charge in [-0.25, -0.2) is 0 Å². The molecule has 2 nitrogen and oxygen atoms in total. The summed E-state index contributed by atoms with van der Waals surface area (Å²) in [4.78, 5) is 0. The van der Waals surface area contributed by atoms with Crippen LogP contribution in [0, 0.1) is 0 Å². The molecule has 0 bridgehead atoms. The monoisotopic (exact) mass is 227 g/mol. The fourth-order valence-electron chi connectivity index (χ4n) is 1.92. The Morgan fingerprint density at radius 2 is 1.60 bits per heavy atom. The minimum Gasteiger partial charge on any atom is -0.490 e. The zero-order valence-corrected chi connectivity index (χ0v) is 9.63. The molecular formula is C12H18ClNO. The first-order chi connectivity index (χ1) is 6.84. The Balaban J connectivity index is 0.00000112. The van der Waals surface area contributed by atoms with Crippen molar-refractivity contribution >= 4 is 18.1 Å². The first kappa shape index (κ1) is 12.2. The summed E-state index contributed by atoms with van der Waals surface area (Å²) in [6, 6.07) is 7.67. The molecule has 0 aliphatic heterocycles. The second-order valence-corrected chi connectivity index (χ2v) is 3.95. The molecule has 1 saturated carbocycles. The third kappa shape index (κ3) is 3.63. The van der Waals surface area contributed by atoms with E-state index in [2.05, 4.69) is 0 Å². The average Bonchev–Trinajstić information content (AvgIpc) is 2.23. The molecule has 0 aromatic heterocycles. The van der Waals surface area contributed by atoms with Crippen molar-refractivity contribution < 1.29 is 4.74 Å². The van der Waals surface area contributed by atoms with Gasteiger partial charge >= 0.3 is 0 Å². The smallest absolute Gasteiger partial charge is 0.119 e. The van der Waals surface area contributed by atoms with Crippen LogP contribution in [0.1, 0.15) is 32.1 Å². The van der Waals surface area contributed by atoms with Crippen LogP contribution in [0.2, 0.25) is 0 Å². The lowest BCUT2D eigenvalue weighted by molar-refractivity contribution is 0.155. The zero-order valence-electron chi connectivity index (χ0n) is 8.82. The SMILES string of the molecule is Cl.Nc1ccc(OC2CCCCC2)cc1. The molecule has 0 atom stereocenters. The van der Waals surface area contributed by atoms with Gasteiger partial charge in [-0.3, -0.25) is 0 Å². The molecule has 1 fully saturated rings. The summed E-state index contributed by atoms with van der Waals surface area (Å²) in [5, 5.41) is 0. The van der Waals surface area contributed by atoms with Crippen LogP contribution < -0.4 is 10.5 Å². The number of rotatable bonds is 2. The van der Waals surface area contributed by atoms with E-state index in [0.29, 0.717) is 6.10 Å². The minimum atomic E-state index is 0. The summed E-state index contributed by atoms with van der Waals surface area (Å²) in [6.07, 6.45) is 6.79. The molecule has 15 heavy (non-hydrogen) atoms. The molecule has 0 spiro atoms. The minimum absolute atomic E-state index is 0. The van der Waals surface area contributed by atoms with E-state index < -0.39 is 0 Å². The quantitative estimate of drug-likeness (QED) is 0.786. The van der Waals surface area contributed by atoms with Crippen molar-refractivity contribution in [2.24, 2.45) is 0 Å². The van der Waals surface area contributed by atoms with E-state index >= 15 is 0 Å². The van der Waals surface area contributed by atoms with Gasteiger partial charge < -0.3 is 10.5 Å². The fourth-order valence-corrected chi connectivity index (χ4v) is 1.92. The Labute approximate surface area is 97.2 Å². The molecule has 1 aliphatic rings. The normalized spacial score (nSPS) is 16.8. The molecule has 2 N–H and O–H groups in total. The number of hydrogen-bond acceptors (Lipinski definition) is 2. The van der Waals surface area contributed by atoms with Crippen molar-refractivity contribution in [2.45, 2.75) is 38.2 Å². The predicted octanol–water partition coefficient (Wildman–Crippen LogP) is 3.40. The van der Waals surface area contributed by atoms with Crippen molar-refractivity contribution in [3.05, 3.63) is 24.3 Å². The van der Waals surface area contributed by atoms with Crippen LogP contribution in [0.4, 0.5) is 5.69 Å². The van der Waals surface area contributed by atoms with Crippen molar-refractivity contribution in [1.82, 2.24) is 0 Å². The standard InChI is InChI=1S/C12H17NO.ClH/c13-10-6-8-12(9-7-10)14-11-4-2-1-3-5-11;/h6-9,11H,1-5,13H2;1H. The van der Waals surface area contributed by atoms with Gasteiger partial charge in [0.2, 0.25) is 0 Å². The molecular weight excluding hydrogens is 210 g/mol. The van der Waals surface area contributed by atoms with E-state index in [1.165, 1.54) is 32.1 Å². The highest BCUT2D eigenvalue weighted by Gasteiger charge is 2.14. The van der Waals surface area contributed by atoms with Gasteiger partial charge in [0.15, 0.2) is 0 Å². The highest BCUT2D eigenvalue weighted by Crippen LogP contribution is 2.23. The van der Waals surface area contributed by atoms with Gasteiger partial charge in [-0.05, 0) is 49.9 Å². The Hall–Kier alpha value is -0.890. The van der Waals surface area contributed by atoms with Gasteiger partial charge in [-0.1, -0.05) is 6.42 Å². The van der Waals surface area contributed by atoms with Crippen LogP contribution in [0.25, 0.3) is 0 Å². The van der Waals surface area contributed by atoms with Crippen molar-refractivity contribution in [1.29, 1.82) is 0 Å². The zero-order chi connectivity index (χ0) is 9.80. The Morgan fingerprint density at radius 1 is 1.00 bits per heavy atom. The van der Waals surface area contributed by atoms with Crippen molar-refractivity contribution in [3.63, 3.8) is 0 Å². The highest BCUT2D eigenvalue weighted by atomic mass is 35.5. The number of nitrogens with two attached hydrogens (primary N) is 1. The van der Waals surface area contributed by atoms with Crippen LogP contribution in [-0.4, -0.2) is 6.10 Å². The van der Waals surface area contributed by atoms with Gasteiger partial charge in [0.25, 0.3) is 0 Å².